The van der Waals surface area contributed by atoms with E-state index in [2.05, 4.69) is 10.6 Å². The van der Waals surface area contributed by atoms with Gasteiger partial charge in [0.15, 0.2) is 0 Å². The third-order valence-electron chi connectivity index (χ3n) is 13.4. The zero-order chi connectivity index (χ0) is 56.0. The van der Waals surface area contributed by atoms with Gasteiger partial charge in [-0.2, -0.15) is 0 Å². The number of carbonyl (C=O) groups excluding carboxylic acids is 6. The van der Waals surface area contributed by atoms with E-state index in [0.29, 0.717) is 46.2 Å². The number of rotatable bonds is 18. The molecule has 0 aromatic heterocycles. The van der Waals surface area contributed by atoms with Crippen molar-refractivity contribution in [1.29, 1.82) is 0 Å². The first kappa shape index (κ1) is 55.6. The molecule has 2 fully saturated rings. The van der Waals surface area contributed by atoms with Crippen LogP contribution in [0.25, 0.3) is 34.4 Å². The molecule has 0 bridgehead atoms. The van der Waals surface area contributed by atoms with Gasteiger partial charge in [0.1, 0.15) is 25.5 Å². The van der Waals surface area contributed by atoms with Gasteiger partial charge < -0.3 is 29.9 Å². The molecule has 6 aromatic carbocycles. The molecule has 8 rings (SSSR count). The number of nitrogens with one attached hydrogen (secondary N) is 2. The van der Waals surface area contributed by atoms with Gasteiger partial charge in [-0.3, -0.25) is 49.2 Å². The Morgan fingerprint density at radius 3 is 1.30 bits per heavy atom. The van der Waals surface area contributed by atoms with E-state index >= 15 is 0 Å². The average molecular weight is 1090 g/mol. The van der Waals surface area contributed by atoms with Crippen LogP contribution in [0.4, 0.5) is 21.0 Å². The first-order valence-electron chi connectivity index (χ1n) is 25.0. The molecule has 2 atom stereocenters. The van der Waals surface area contributed by atoms with Gasteiger partial charge in [-0.15, -0.1) is 0 Å². The fourth-order valence-corrected chi connectivity index (χ4v) is 10.4. The second kappa shape index (κ2) is 25.9. The molecule has 2 heterocycles. The molecule has 2 unspecified atom stereocenters. The van der Waals surface area contributed by atoms with Crippen LogP contribution >= 0.6 is 11.8 Å². The van der Waals surface area contributed by atoms with Gasteiger partial charge in [-0.05, 0) is 82.6 Å². The van der Waals surface area contributed by atoms with Crippen LogP contribution in [0.3, 0.4) is 0 Å². The number of aryl methyl sites for hydroxylation is 2. The molecule has 404 valence electrons. The summed E-state index contributed by atoms with van der Waals surface area (Å²) in [5, 5.41) is 32.0. The predicted octanol–water partition coefficient (Wildman–Crippen LogP) is 8.74. The minimum atomic E-state index is -0.909. The Balaban J connectivity index is 1.08. The lowest BCUT2D eigenvalue weighted by molar-refractivity contribution is -0.387. The number of hydrogen-bond acceptors (Lipinski definition) is 13. The summed E-state index contributed by atoms with van der Waals surface area (Å²) < 4.78 is 11.0. The highest BCUT2D eigenvalue weighted by atomic mass is 32.2. The van der Waals surface area contributed by atoms with Gasteiger partial charge in [0.25, 0.3) is 11.4 Å². The highest BCUT2D eigenvalue weighted by Crippen LogP contribution is 2.49. The molecule has 79 heavy (non-hydrogen) atoms. The van der Waals surface area contributed by atoms with Gasteiger partial charge in [0.05, 0.1) is 43.9 Å². The maximum Gasteiger partial charge on any atom is 0.411 e. The van der Waals surface area contributed by atoms with Crippen LogP contribution in [0.1, 0.15) is 33.4 Å². The van der Waals surface area contributed by atoms with Crippen LogP contribution in [0.2, 0.25) is 0 Å². The SMILES string of the molecule is Cc1ccccc1-c1c(C=CC(=O)N2CCN(C(=O)OCc3ccccc3)C(NC=O)C2)ccc(Sc2ccc(C=CC(=O)N3CCN(C(=O)OCc4ccccc4)C(NC=O)C3)c(-c3ccccc3C)c2[N+](=O)[O-])c1[N+](=O)[O-]. The molecule has 2 aliphatic heterocycles. The minimum absolute atomic E-state index is 0.00510. The van der Waals surface area contributed by atoms with Crippen LogP contribution in [0.5, 0.6) is 0 Å². The third kappa shape index (κ3) is 13.3. The largest absolute Gasteiger partial charge is 0.444 e. The quantitative estimate of drug-likeness (QED) is 0.0354. The smallest absolute Gasteiger partial charge is 0.411 e. The van der Waals surface area contributed by atoms with Crippen molar-refractivity contribution in [2.75, 3.05) is 39.3 Å². The van der Waals surface area contributed by atoms with Gasteiger partial charge in [0, 0.05) is 38.3 Å². The standard InChI is InChI=1S/C58H54N8O12S/c1-39-13-9-11-19-45(39)53-43(23-27-51(69)61-29-31-63(49(33-61)59-37-67)57(71)77-35-41-15-5-3-6-16-41)21-25-47(55(53)65(73)74)79-48-26-22-44(54(56(48)66(75)76)46-20-12-10-14-40(46)2)24-28-52(70)62-30-32-64(50(34-62)60-38-68)58(72)78-36-42-17-7-4-8-18-42/h3-28,37-38,49-50H,29-36H2,1-2H3,(H,59,67)(H,60,68). The Labute approximate surface area is 458 Å². The average Bonchev–Trinajstić information content (AvgIpc) is 3.63. The fourth-order valence-electron chi connectivity index (χ4n) is 9.35. The van der Waals surface area contributed by atoms with E-state index in [1.54, 1.807) is 98.8 Å². The second-order valence-corrected chi connectivity index (χ2v) is 19.4. The van der Waals surface area contributed by atoms with Crippen molar-refractivity contribution in [3.8, 4) is 22.3 Å². The Hall–Kier alpha value is -9.63. The number of ether oxygens (including phenoxy) is 2. The number of benzene rings is 6. The van der Waals surface area contributed by atoms with Crippen molar-refractivity contribution in [3.63, 3.8) is 0 Å². The molecule has 20 nitrogen and oxygen atoms in total. The predicted molar refractivity (Wildman–Crippen MR) is 295 cm³/mol. The lowest BCUT2D eigenvalue weighted by atomic mass is 9.94. The van der Waals surface area contributed by atoms with E-state index in [1.165, 1.54) is 56.0 Å². The van der Waals surface area contributed by atoms with Gasteiger partial charge in [-0.25, -0.2) is 9.59 Å². The Kier molecular flexibility index (Phi) is 18.3. The van der Waals surface area contributed by atoms with Crippen LogP contribution in [-0.2, 0) is 41.9 Å². The zero-order valence-electron chi connectivity index (χ0n) is 43.0. The van der Waals surface area contributed by atoms with E-state index in [4.69, 9.17) is 9.47 Å². The summed E-state index contributed by atoms with van der Waals surface area (Å²) in [5.41, 5.74) is 3.96. The van der Waals surface area contributed by atoms with Gasteiger partial charge >= 0.3 is 12.2 Å². The maximum atomic E-state index is 13.9. The number of carbonyl (C=O) groups is 6. The Bertz CT molecular complexity index is 3120. The van der Waals surface area contributed by atoms with Crippen LogP contribution in [0, 0.1) is 34.1 Å². The lowest BCUT2D eigenvalue weighted by Crippen LogP contribution is -2.61. The van der Waals surface area contributed by atoms with E-state index in [1.807, 2.05) is 36.4 Å². The number of piperazine rings is 2. The van der Waals surface area contributed by atoms with Crippen LogP contribution in [-0.4, -0.2) is 118 Å². The maximum absolute atomic E-state index is 13.9. The summed E-state index contributed by atoms with van der Waals surface area (Å²) in [6, 6.07) is 38.2. The monoisotopic (exact) mass is 1090 g/mol. The molecule has 2 N–H and O–H groups in total. The highest BCUT2D eigenvalue weighted by Gasteiger charge is 2.36. The van der Waals surface area contributed by atoms with Crippen LogP contribution in [0.15, 0.2) is 155 Å². The highest BCUT2D eigenvalue weighted by molar-refractivity contribution is 7.99. The third-order valence-corrected chi connectivity index (χ3v) is 14.5. The molecule has 2 aliphatic rings. The van der Waals surface area contributed by atoms with Crippen molar-refractivity contribution in [2.24, 2.45) is 0 Å². The molecule has 2 saturated heterocycles. The molecular formula is C58H54N8O12S. The minimum Gasteiger partial charge on any atom is -0.444 e. The first-order valence-corrected chi connectivity index (χ1v) is 25.8. The van der Waals surface area contributed by atoms with Crippen molar-refractivity contribution >= 4 is 72.1 Å². The molecule has 21 heteroatoms. The lowest BCUT2D eigenvalue weighted by Gasteiger charge is -2.39. The van der Waals surface area contributed by atoms with E-state index < -0.39 is 46.2 Å². The number of amides is 6. The van der Waals surface area contributed by atoms with E-state index in [0.717, 1.165) is 22.9 Å². The van der Waals surface area contributed by atoms with Crippen molar-refractivity contribution in [3.05, 3.63) is 199 Å². The summed E-state index contributed by atoms with van der Waals surface area (Å²) >= 11 is 0.820. The number of nitro groups is 2. The van der Waals surface area contributed by atoms with E-state index in [9.17, 15) is 49.0 Å². The summed E-state index contributed by atoms with van der Waals surface area (Å²) in [7, 11) is 0. The fraction of sp³-hybridized carbons (Fsp3) is 0.207. The second-order valence-electron chi connectivity index (χ2n) is 18.3. The molecule has 0 radical (unpaired) electrons. The summed E-state index contributed by atoms with van der Waals surface area (Å²) in [5.74, 6) is -0.999. The summed E-state index contributed by atoms with van der Waals surface area (Å²) in [6.07, 6.45) is 3.11. The summed E-state index contributed by atoms with van der Waals surface area (Å²) in [6.45, 7) is 3.66. The number of nitrogens with zero attached hydrogens (tertiary/aromatic N) is 6. The zero-order valence-corrected chi connectivity index (χ0v) is 43.8. The molecule has 6 amide bonds. The number of nitro benzene ring substituents is 2. The molecule has 0 saturated carbocycles. The Morgan fingerprint density at radius 1 is 0.557 bits per heavy atom. The number of hydrogen-bond donors (Lipinski definition) is 2. The summed E-state index contributed by atoms with van der Waals surface area (Å²) in [4.78, 5) is 109. The van der Waals surface area contributed by atoms with Crippen molar-refractivity contribution in [1.82, 2.24) is 30.2 Å². The molecule has 6 aromatic rings. The molecular weight excluding hydrogens is 1030 g/mol. The van der Waals surface area contributed by atoms with Gasteiger partial charge in [-0.1, -0.05) is 133 Å². The first-order chi connectivity index (χ1) is 38.3. The van der Waals surface area contributed by atoms with Crippen molar-refractivity contribution < 1.29 is 48.1 Å². The molecule has 0 aliphatic carbocycles. The van der Waals surface area contributed by atoms with E-state index in [-0.39, 0.29) is 84.8 Å². The normalized spacial score (nSPS) is 15.4. The van der Waals surface area contributed by atoms with Crippen LogP contribution < -0.4 is 10.6 Å². The Morgan fingerprint density at radius 2 is 0.937 bits per heavy atom. The van der Waals surface area contributed by atoms with Crippen molar-refractivity contribution in [2.45, 2.75) is 49.2 Å². The van der Waals surface area contributed by atoms with Gasteiger partial charge in [0.2, 0.25) is 24.6 Å². The molecule has 0 spiro atoms. The topological polar surface area (TPSA) is 244 Å².